The van der Waals surface area contributed by atoms with Gasteiger partial charge in [0.05, 0.1) is 13.2 Å². The first-order valence-electron chi connectivity index (χ1n) is 7.82. The molecule has 8 heteroatoms. The molecular weight excluding hydrogens is 379 g/mol. The zero-order chi connectivity index (χ0) is 18.8. The van der Waals surface area contributed by atoms with Crippen molar-refractivity contribution >= 4 is 40.8 Å². The van der Waals surface area contributed by atoms with Gasteiger partial charge in [0.2, 0.25) is 0 Å². The zero-order valence-corrected chi connectivity index (χ0v) is 15.3. The predicted molar refractivity (Wildman–Crippen MR) is 99.3 cm³/mol. The van der Waals surface area contributed by atoms with E-state index in [2.05, 4.69) is 10.6 Å². The number of hydrogen-bond acceptors (Lipinski definition) is 4. The summed E-state index contributed by atoms with van der Waals surface area (Å²) < 4.78 is 5.08. The number of anilines is 1. The van der Waals surface area contributed by atoms with E-state index < -0.39 is 18.1 Å². The van der Waals surface area contributed by atoms with Crippen molar-refractivity contribution in [1.82, 2.24) is 5.32 Å². The molecule has 3 rings (SSSR count). The average Bonchev–Trinajstić information content (AvgIpc) is 2.60. The van der Waals surface area contributed by atoms with Crippen LogP contribution in [0, 0.1) is 0 Å². The van der Waals surface area contributed by atoms with Crippen molar-refractivity contribution < 1.29 is 19.4 Å². The molecule has 3 N–H and O–H groups in total. The summed E-state index contributed by atoms with van der Waals surface area (Å²) >= 11 is 12.3. The minimum atomic E-state index is -1.02. The Morgan fingerprint density at radius 2 is 1.92 bits per heavy atom. The fraction of sp³-hybridized carbons (Fsp3) is 0.222. The summed E-state index contributed by atoms with van der Waals surface area (Å²) in [5.74, 6) is -0.714. The molecule has 0 bridgehead atoms. The fourth-order valence-corrected chi connectivity index (χ4v) is 3.56. The maximum Gasteiger partial charge on any atom is 0.326 e. The van der Waals surface area contributed by atoms with Crippen LogP contribution in [-0.2, 0) is 4.79 Å². The van der Waals surface area contributed by atoms with Crippen molar-refractivity contribution in [3.05, 3.63) is 57.6 Å². The Morgan fingerprint density at radius 3 is 2.54 bits per heavy atom. The molecule has 0 radical (unpaired) electrons. The van der Waals surface area contributed by atoms with Crippen LogP contribution in [0.4, 0.5) is 5.69 Å². The van der Waals surface area contributed by atoms with Gasteiger partial charge >= 0.3 is 5.97 Å². The van der Waals surface area contributed by atoms with E-state index in [1.165, 1.54) is 0 Å². The maximum atomic E-state index is 12.6. The minimum Gasteiger partial charge on any atom is -0.497 e. The number of halogens is 2. The molecule has 0 saturated heterocycles. The monoisotopic (exact) mass is 394 g/mol. The first-order chi connectivity index (χ1) is 12.4. The molecular formula is C18H16Cl2N2O4. The highest BCUT2D eigenvalue weighted by molar-refractivity contribution is 6.35. The lowest BCUT2D eigenvalue weighted by atomic mass is 9.92. The topological polar surface area (TPSA) is 87.7 Å². The summed E-state index contributed by atoms with van der Waals surface area (Å²) in [5.41, 5.74) is 1.56. The molecule has 0 aliphatic carbocycles. The van der Waals surface area contributed by atoms with Crippen molar-refractivity contribution in [2.24, 2.45) is 0 Å². The Kier molecular flexibility index (Phi) is 5.25. The van der Waals surface area contributed by atoms with Gasteiger partial charge in [-0.1, -0.05) is 23.2 Å². The smallest absolute Gasteiger partial charge is 0.326 e. The predicted octanol–water partition coefficient (Wildman–Crippen LogP) is 3.74. The Balaban J connectivity index is 1.90. The van der Waals surface area contributed by atoms with Crippen LogP contribution in [0.5, 0.6) is 5.75 Å². The van der Waals surface area contributed by atoms with Gasteiger partial charge in [-0.15, -0.1) is 0 Å². The number of ether oxygens (including phenoxy) is 1. The first-order valence-corrected chi connectivity index (χ1v) is 8.58. The van der Waals surface area contributed by atoms with Gasteiger partial charge in [0.1, 0.15) is 11.8 Å². The molecule has 2 aromatic carbocycles. The van der Waals surface area contributed by atoms with Gasteiger partial charge in [0, 0.05) is 33.3 Å². The van der Waals surface area contributed by atoms with Gasteiger partial charge in [0.25, 0.3) is 5.91 Å². The second-order valence-corrected chi connectivity index (χ2v) is 6.72. The summed E-state index contributed by atoms with van der Waals surface area (Å²) in [4.78, 5) is 24.0. The van der Waals surface area contributed by atoms with E-state index in [4.69, 9.17) is 27.9 Å². The molecule has 2 aromatic rings. The Bertz CT molecular complexity index is 855. The SMILES string of the molecule is COc1ccc(C(=O)NC2CC(C(=O)O)Nc3cc(Cl)cc(Cl)c32)cc1. The largest absolute Gasteiger partial charge is 0.497 e. The second kappa shape index (κ2) is 7.43. The number of carboxylic acid groups (broad SMARTS) is 1. The third-order valence-corrected chi connectivity index (χ3v) is 4.73. The van der Waals surface area contributed by atoms with E-state index in [1.807, 2.05) is 0 Å². The number of methoxy groups -OCH3 is 1. The van der Waals surface area contributed by atoms with E-state index in [0.29, 0.717) is 32.6 Å². The van der Waals surface area contributed by atoms with Crippen LogP contribution in [0.3, 0.4) is 0 Å². The number of amides is 1. The van der Waals surface area contributed by atoms with Gasteiger partial charge in [-0.25, -0.2) is 4.79 Å². The minimum absolute atomic E-state index is 0.158. The van der Waals surface area contributed by atoms with Gasteiger partial charge in [-0.2, -0.15) is 0 Å². The number of fused-ring (bicyclic) bond motifs is 1. The van der Waals surface area contributed by atoms with Gasteiger partial charge in [0.15, 0.2) is 0 Å². The molecule has 26 heavy (non-hydrogen) atoms. The van der Waals surface area contributed by atoms with Gasteiger partial charge in [-0.05, 0) is 36.4 Å². The molecule has 136 valence electrons. The highest BCUT2D eigenvalue weighted by Gasteiger charge is 2.33. The summed E-state index contributed by atoms with van der Waals surface area (Å²) in [5, 5.41) is 15.9. The molecule has 6 nitrogen and oxygen atoms in total. The van der Waals surface area contributed by atoms with E-state index in [-0.39, 0.29) is 12.3 Å². The second-order valence-electron chi connectivity index (χ2n) is 5.87. The molecule has 0 spiro atoms. The molecule has 0 fully saturated rings. The Hall–Kier alpha value is -2.44. The van der Waals surface area contributed by atoms with E-state index in [1.54, 1.807) is 43.5 Å². The van der Waals surface area contributed by atoms with Crippen LogP contribution in [-0.4, -0.2) is 30.1 Å². The maximum absolute atomic E-state index is 12.6. The van der Waals surface area contributed by atoms with Crippen LogP contribution in [0.15, 0.2) is 36.4 Å². The van der Waals surface area contributed by atoms with Crippen LogP contribution in [0.25, 0.3) is 0 Å². The molecule has 2 atom stereocenters. The van der Waals surface area contributed by atoms with E-state index >= 15 is 0 Å². The van der Waals surface area contributed by atoms with Crippen LogP contribution >= 0.6 is 23.2 Å². The molecule has 2 unspecified atom stereocenters. The van der Waals surface area contributed by atoms with Crippen molar-refractivity contribution in [3.8, 4) is 5.75 Å². The fourth-order valence-electron chi connectivity index (χ4n) is 2.94. The van der Waals surface area contributed by atoms with Crippen molar-refractivity contribution in [3.63, 3.8) is 0 Å². The molecule has 1 heterocycles. The lowest BCUT2D eigenvalue weighted by Crippen LogP contribution is -2.41. The summed E-state index contributed by atoms with van der Waals surface area (Å²) in [6, 6.07) is 8.37. The number of carbonyl (C=O) groups is 2. The lowest BCUT2D eigenvalue weighted by Gasteiger charge is -2.32. The number of carbonyl (C=O) groups excluding carboxylic acids is 1. The Morgan fingerprint density at radius 1 is 1.23 bits per heavy atom. The third-order valence-electron chi connectivity index (χ3n) is 4.20. The molecule has 1 aliphatic heterocycles. The van der Waals surface area contributed by atoms with Crippen molar-refractivity contribution in [2.75, 3.05) is 12.4 Å². The summed E-state index contributed by atoms with van der Waals surface area (Å²) in [7, 11) is 1.54. The van der Waals surface area contributed by atoms with Crippen molar-refractivity contribution in [1.29, 1.82) is 0 Å². The third kappa shape index (κ3) is 3.71. The number of hydrogen-bond donors (Lipinski definition) is 3. The van der Waals surface area contributed by atoms with E-state index in [0.717, 1.165) is 0 Å². The summed E-state index contributed by atoms with van der Waals surface area (Å²) in [6.45, 7) is 0. The van der Waals surface area contributed by atoms with Crippen LogP contribution in [0.2, 0.25) is 10.0 Å². The highest BCUT2D eigenvalue weighted by Crippen LogP contribution is 2.40. The molecule has 1 amide bonds. The first kappa shape index (κ1) is 18.4. The normalized spacial score (nSPS) is 18.4. The Labute approximate surface area is 160 Å². The van der Waals surface area contributed by atoms with Crippen LogP contribution < -0.4 is 15.4 Å². The lowest BCUT2D eigenvalue weighted by molar-refractivity contribution is -0.138. The van der Waals surface area contributed by atoms with E-state index in [9.17, 15) is 14.7 Å². The number of aliphatic carboxylic acids is 1. The zero-order valence-electron chi connectivity index (χ0n) is 13.8. The standard InChI is InChI=1S/C18H16Cl2N2O4/c1-26-11-4-2-9(3-5-11)17(23)22-14-8-15(18(24)25)21-13-7-10(19)6-12(20)16(13)14/h2-7,14-15,21H,8H2,1H3,(H,22,23)(H,24,25). The molecule has 0 saturated carbocycles. The average molecular weight is 395 g/mol. The summed E-state index contributed by atoms with van der Waals surface area (Å²) in [6.07, 6.45) is 0.158. The van der Waals surface area contributed by atoms with Crippen LogP contribution in [0.1, 0.15) is 28.4 Å². The highest BCUT2D eigenvalue weighted by atomic mass is 35.5. The van der Waals surface area contributed by atoms with Crippen molar-refractivity contribution in [2.45, 2.75) is 18.5 Å². The number of rotatable bonds is 4. The molecule has 0 aromatic heterocycles. The number of carboxylic acids is 1. The molecule has 1 aliphatic rings. The quantitative estimate of drug-likeness (QED) is 0.734. The number of benzene rings is 2. The van der Waals surface area contributed by atoms with Gasteiger partial charge in [-0.3, -0.25) is 4.79 Å². The number of nitrogens with one attached hydrogen (secondary N) is 2. The van der Waals surface area contributed by atoms with Gasteiger partial charge < -0.3 is 20.5 Å².